The highest BCUT2D eigenvalue weighted by atomic mass is 35.5. The zero-order chi connectivity index (χ0) is 24.3. The summed E-state index contributed by atoms with van der Waals surface area (Å²) in [7, 11) is -1.11. The minimum Gasteiger partial charge on any atom is -0.386 e. The normalized spacial score (nSPS) is 21.6. The summed E-state index contributed by atoms with van der Waals surface area (Å²) in [5.41, 5.74) is 8.24. The van der Waals surface area contributed by atoms with Gasteiger partial charge in [-0.15, -0.1) is 11.3 Å². The van der Waals surface area contributed by atoms with Gasteiger partial charge in [-0.3, -0.25) is 14.0 Å². The number of carbonyl (C=O) groups excluding carboxylic acids is 1. The second-order valence-corrected chi connectivity index (χ2v) is 11.6. The Balaban J connectivity index is 0.00000133. The number of nitrogens with two attached hydrogens (primary N) is 1. The summed E-state index contributed by atoms with van der Waals surface area (Å²) in [5, 5.41) is 7.70. The molecule has 5 rings (SSSR count). The van der Waals surface area contributed by atoms with Crippen LogP contribution in [0.15, 0.2) is 41.7 Å². The van der Waals surface area contributed by atoms with Crippen molar-refractivity contribution in [1.29, 1.82) is 0 Å². The molecule has 2 aliphatic rings. The smallest absolute Gasteiger partial charge is 0.261 e. The number of aromatic nitrogens is 2. The quantitative estimate of drug-likeness (QED) is 0.513. The molecular weight excluding hydrogens is 490 g/mol. The van der Waals surface area contributed by atoms with Gasteiger partial charge in [-0.2, -0.15) is 5.10 Å². The Morgan fingerprint density at radius 3 is 2.82 bits per heavy atom. The van der Waals surface area contributed by atoms with E-state index in [9.17, 15) is 9.00 Å². The number of thiophene rings is 1. The number of nitrogens with zero attached hydrogens (tertiary/aromatic N) is 3. The summed E-state index contributed by atoms with van der Waals surface area (Å²) in [6, 6.07) is 7.08. The number of pyridine rings is 1. The molecule has 1 amide bonds. The standard InChI is InChI=1S/C22H24ClN5O2S2.C2H6/c23-15-10-18(20(29)25-11-14-12-26-28-9-5-2-6-17(14)28)31-19(15)16-13-32(30)22(21(24)27-16)7-3-1-4-8-22;1-2/h2,5-6,9-10,12,16H,1,3-4,7-8,11,13H2,(H2,24,27)(H,25,29);1-2H3/t16-,32?;/m0./s1. The van der Waals surface area contributed by atoms with Crippen LogP contribution >= 0.6 is 22.9 Å². The number of aliphatic imine (C=N–C) groups is 1. The molecule has 0 saturated heterocycles. The largest absolute Gasteiger partial charge is 0.386 e. The van der Waals surface area contributed by atoms with Gasteiger partial charge in [-0.05, 0) is 31.0 Å². The van der Waals surface area contributed by atoms with Crippen LogP contribution in [0, 0.1) is 0 Å². The molecule has 1 saturated carbocycles. The summed E-state index contributed by atoms with van der Waals surface area (Å²) in [4.78, 5) is 18.8. The number of nitrogens with one attached hydrogen (secondary N) is 1. The molecule has 1 aliphatic heterocycles. The number of hydrogen-bond donors (Lipinski definition) is 2. The Hall–Kier alpha value is -2.23. The third-order valence-electron chi connectivity index (χ3n) is 6.35. The molecule has 2 atom stereocenters. The minimum absolute atomic E-state index is 0.212. The zero-order valence-corrected chi connectivity index (χ0v) is 21.8. The van der Waals surface area contributed by atoms with Crippen LogP contribution in [0.1, 0.15) is 72.1 Å². The van der Waals surface area contributed by atoms with E-state index in [0.717, 1.165) is 48.1 Å². The van der Waals surface area contributed by atoms with Crippen molar-refractivity contribution < 1.29 is 9.00 Å². The zero-order valence-electron chi connectivity index (χ0n) is 19.4. The molecule has 3 aromatic heterocycles. The van der Waals surface area contributed by atoms with E-state index in [2.05, 4.69) is 10.4 Å². The van der Waals surface area contributed by atoms with Gasteiger partial charge < -0.3 is 11.1 Å². The summed E-state index contributed by atoms with van der Waals surface area (Å²) >= 11 is 7.77. The molecule has 7 nitrogen and oxygen atoms in total. The van der Waals surface area contributed by atoms with Crippen molar-refractivity contribution in [2.75, 3.05) is 5.75 Å². The van der Waals surface area contributed by atoms with Gasteiger partial charge in [0.2, 0.25) is 0 Å². The maximum absolute atomic E-state index is 13.2. The van der Waals surface area contributed by atoms with E-state index in [0.29, 0.717) is 28.0 Å². The van der Waals surface area contributed by atoms with Crippen molar-refractivity contribution in [1.82, 2.24) is 14.9 Å². The van der Waals surface area contributed by atoms with Crippen LogP contribution < -0.4 is 11.1 Å². The first kappa shape index (κ1) is 24.9. The van der Waals surface area contributed by atoms with Crippen LogP contribution in [-0.2, 0) is 17.3 Å². The Morgan fingerprint density at radius 1 is 1.32 bits per heavy atom. The molecule has 34 heavy (non-hydrogen) atoms. The monoisotopic (exact) mass is 519 g/mol. The molecule has 1 fully saturated rings. The molecule has 1 aliphatic carbocycles. The summed E-state index contributed by atoms with van der Waals surface area (Å²) < 4.78 is 14.5. The lowest BCUT2D eigenvalue weighted by Gasteiger charge is -2.39. The van der Waals surface area contributed by atoms with Gasteiger partial charge in [-0.25, -0.2) is 4.52 Å². The topological polar surface area (TPSA) is 102 Å². The van der Waals surface area contributed by atoms with Crippen LogP contribution in [0.5, 0.6) is 0 Å². The van der Waals surface area contributed by atoms with Crippen LogP contribution in [0.3, 0.4) is 0 Å². The Bertz CT molecular complexity index is 1230. The van der Waals surface area contributed by atoms with E-state index in [4.69, 9.17) is 22.3 Å². The minimum atomic E-state index is -1.11. The van der Waals surface area contributed by atoms with Crippen molar-refractivity contribution in [2.45, 2.75) is 63.3 Å². The lowest BCUT2D eigenvalue weighted by atomic mass is 9.87. The predicted octanol–water partition coefficient (Wildman–Crippen LogP) is 4.87. The Labute approximate surface area is 211 Å². The molecular formula is C24H30ClN5O2S2. The summed E-state index contributed by atoms with van der Waals surface area (Å²) in [6.45, 7) is 4.36. The van der Waals surface area contributed by atoms with E-state index in [1.54, 1.807) is 16.8 Å². The van der Waals surface area contributed by atoms with Gasteiger partial charge in [0.1, 0.15) is 10.6 Å². The third-order valence-corrected chi connectivity index (χ3v) is 10.1. The number of fused-ring (bicyclic) bond motifs is 1. The molecule has 4 heterocycles. The lowest BCUT2D eigenvalue weighted by Crippen LogP contribution is -2.53. The second-order valence-electron chi connectivity index (χ2n) is 8.30. The average molecular weight is 520 g/mol. The van der Waals surface area contributed by atoms with Crippen molar-refractivity contribution >= 4 is 51.0 Å². The van der Waals surface area contributed by atoms with Crippen LogP contribution in [0.4, 0.5) is 0 Å². The summed E-state index contributed by atoms with van der Waals surface area (Å²) in [5.74, 6) is 0.663. The Kier molecular flexibility index (Phi) is 7.74. The maximum Gasteiger partial charge on any atom is 0.261 e. The summed E-state index contributed by atoms with van der Waals surface area (Å²) in [6.07, 6.45) is 8.49. The molecule has 0 aromatic carbocycles. The van der Waals surface area contributed by atoms with E-state index >= 15 is 0 Å². The predicted molar refractivity (Wildman–Crippen MR) is 140 cm³/mol. The van der Waals surface area contributed by atoms with Crippen LogP contribution in [0.2, 0.25) is 5.02 Å². The van der Waals surface area contributed by atoms with Gasteiger partial charge in [-0.1, -0.05) is 50.8 Å². The molecule has 0 radical (unpaired) electrons. The fraction of sp³-hybridized carbons (Fsp3) is 0.458. The SMILES string of the molecule is CC.NC1=N[C@H](c2sc(C(=O)NCc3cnn4ccccc34)cc2Cl)CS(=O)C12CCCCC2. The van der Waals surface area contributed by atoms with E-state index < -0.39 is 15.5 Å². The first-order chi connectivity index (χ1) is 16.5. The first-order valence-electron chi connectivity index (χ1n) is 11.7. The number of carbonyl (C=O) groups is 1. The Morgan fingerprint density at radius 2 is 2.09 bits per heavy atom. The van der Waals surface area contributed by atoms with Crippen molar-refractivity contribution in [2.24, 2.45) is 10.7 Å². The van der Waals surface area contributed by atoms with Gasteiger partial charge >= 0.3 is 0 Å². The number of hydrogen-bond acceptors (Lipinski definition) is 6. The maximum atomic E-state index is 13.2. The number of amides is 1. The van der Waals surface area contributed by atoms with E-state index in [-0.39, 0.29) is 11.9 Å². The molecule has 1 spiro atoms. The highest BCUT2D eigenvalue weighted by molar-refractivity contribution is 7.87. The van der Waals surface area contributed by atoms with E-state index in [1.165, 1.54) is 11.3 Å². The number of halogens is 1. The van der Waals surface area contributed by atoms with E-state index in [1.807, 2.05) is 38.2 Å². The van der Waals surface area contributed by atoms with Gasteiger partial charge in [0.25, 0.3) is 5.91 Å². The highest BCUT2D eigenvalue weighted by Crippen LogP contribution is 2.42. The fourth-order valence-corrected chi connectivity index (χ4v) is 8.00. The fourth-order valence-electron chi connectivity index (χ4n) is 4.59. The van der Waals surface area contributed by atoms with Crippen LogP contribution in [-0.4, -0.2) is 36.1 Å². The third kappa shape index (κ3) is 4.65. The number of rotatable bonds is 4. The van der Waals surface area contributed by atoms with Gasteiger partial charge in [0, 0.05) is 34.0 Å². The molecule has 3 N–H and O–H groups in total. The molecule has 10 heteroatoms. The number of amidine groups is 1. The molecule has 182 valence electrons. The first-order valence-corrected chi connectivity index (χ1v) is 14.2. The van der Waals surface area contributed by atoms with Crippen molar-refractivity contribution in [3.8, 4) is 0 Å². The van der Waals surface area contributed by atoms with Gasteiger partial charge in [0.15, 0.2) is 0 Å². The van der Waals surface area contributed by atoms with Crippen molar-refractivity contribution in [3.63, 3.8) is 0 Å². The molecule has 0 bridgehead atoms. The molecule has 3 aromatic rings. The second kappa shape index (κ2) is 10.6. The average Bonchev–Trinajstić information content (AvgIpc) is 3.46. The highest BCUT2D eigenvalue weighted by Gasteiger charge is 2.46. The van der Waals surface area contributed by atoms with Crippen molar-refractivity contribution in [3.05, 3.63) is 57.0 Å². The van der Waals surface area contributed by atoms with Gasteiger partial charge in [0.05, 0.1) is 33.4 Å². The van der Waals surface area contributed by atoms with Crippen LogP contribution in [0.25, 0.3) is 5.52 Å². The lowest BCUT2D eigenvalue weighted by molar-refractivity contribution is 0.0955. The molecule has 1 unspecified atom stereocenters.